The van der Waals surface area contributed by atoms with Crippen LogP contribution in [-0.2, 0) is 0 Å². The Bertz CT molecular complexity index is 1270. The molecule has 2 aromatic heterocycles. The van der Waals surface area contributed by atoms with Crippen molar-refractivity contribution in [1.29, 1.82) is 0 Å². The van der Waals surface area contributed by atoms with Crippen LogP contribution in [0.3, 0.4) is 0 Å². The maximum Gasteiger partial charge on any atom is 0.228 e. The molecule has 32 heavy (non-hydrogen) atoms. The molecule has 1 unspecified atom stereocenters. The third-order valence-electron chi connectivity index (χ3n) is 5.80. The molecule has 1 fully saturated rings. The zero-order valence-electron chi connectivity index (χ0n) is 17.8. The molecule has 5 rings (SSSR count). The first-order chi connectivity index (χ1) is 15.6. The van der Waals surface area contributed by atoms with E-state index in [0.29, 0.717) is 24.0 Å². The summed E-state index contributed by atoms with van der Waals surface area (Å²) < 4.78 is 6.39. The van der Waals surface area contributed by atoms with Crippen LogP contribution in [0.4, 0.5) is 11.6 Å². The minimum atomic E-state index is -0.317. The fraction of sp³-hybridized carbons (Fsp3) is 0.240. The number of aromatic nitrogens is 3. The summed E-state index contributed by atoms with van der Waals surface area (Å²) >= 11 is 0. The molecular weight excluding hydrogens is 402 g/mol. The van der Waals surface area contributed by atoms with Gasteiger partial charge in [0.1, 0.15) is 5.75 Å². The number of fused-ring (bicyclic) bond motifs is 1. The van der Waals surface area contributed by atoms with Gasteiger partial charge in [-0.15, -0.1) is 0 Å². The van der Waals surface area contributed by atoms with Crippen molar-refractivity contribution in [3.05, 3.63) is 66.5 Å². The van der Waals surface area contributed by atoms with Gasteiger partial charge in [0, 0.05) is 35.4 Å². The summed E-state index contributed by atoms with van der Waals surface area (Å²) in [6.07, 6.45) is 5.21. The summed E-state index contributed by atoms with van der Waals surface area (Å²) in [6.45, 7) is 2.55. The number of benzene rings is 2. The first-order valence-corrected chi connectivity index (χ1v) is 10.8. The van der Waals surface area contributed by atoms with Gasteiger partial charge in [-0.25, -0.2) is 15.0 Å². The third-order valence-corrected chi connectivity index (χ3v) is 5.80. The maximum absolute atomic E-state index is 10.3. The fourth-order valence-electron chi connectivity index (χ4n) is 3.88. The molecule has 0 bridgehead atoms. The number of aliphatic hydroxyl groups excluding tert-OH is 1. The molecule has 0 saturated heterocycles. The van der Waals surface area contributed by atoms with Crippen molar-refractivity contribution in [1.82, 2.24) is 15.0 Å². The quantitative estimate of drug-likeness (QED) is 0.397. The first kappa shape index (κ1) is 20.2. The molecule has 2 aromatic carbocycles. The molecule has 0 aliphatic heterocycles. The smallest absolute Gasteiger partial charge is 0.228 e. The number of rotatable bonds is 7. The van der Waals surface area contributed by atoms with Crippen molar-refractivity contribution in [2.75, 3.05) is 17.6 Å². The van der Waals surface area contributed by atoms with Crippen molar-refractivity contribution in [2.45, 2.75) is 25.9 Å². The summed E-state index contributed by atoms with van der Waals surface area (Å²) in [5.41, 5.74) is 9.12. The molecule has 1 atom stereocenters. The number of nitrogens with zero attached hydrogens (tertiary/aromatic N) is 3. The van der Waals surface area contributed by atoms with Crippen LogP contribution in [0.25, 0.3) is 22.0 Å². The highest BCUT2D eigenvalue weighted by atomic mass is 16.5. The average molecular weight is 428 g/mol. The van der Waals surface area contributed by atoms with Crippen molar-refractivity contribution in [3.8, 4) is 22.9 Å². The lowest BCUT2D eigenvalue weighted by Gasteiger charge is -2.17. The SMILES string of the molecule is Cc1ccc2c(NCC(O)C3CC3)cccc2c1Oc1ncccc1-c1ccnc(N)n1. The Kier molecular flexibility index (Phi) is 5.33. The van der Waals surface area contributed by atoms with Gasteiger partial charge in [-0.2, -0.15) is 0 Å². The Morgan fingerprint density at radius 1 is 1.06 bits per heavy atom. The number of hydrogen-bond donors (Lipinski definition) is 3. The Labute approximate surface area is 186 Å². The lowest BCUT2D eigenvalue weighted by molar-refractivity contribution is 0.164. The van der Waals surface area contributed by atoms with E-state index in [1.165, 1.54) is 0 Å². The van der Waals surface area contributed by atoms with Crippen molar-refractivity contribution in [2.24, 2.45) is 5.92 Å². The molecule has 4 aromatic rings. The number of nitrogen functional groups attached to an aromatic ring is 1. The topological polar surface area (TPSA) is 106 Å². The van der Waals surface area contributed by atoms with Gasteiger partial charge in [0.2, 0.25) is 11.8 Å². The van der Waals surface area contributed by atoms with Gasteiger partial charge in [0.05, 0.1) is 17.4 Å². The second-order valence-corrected chi connectivity index (χ2v) is 8.16. The molecule has 2 heterocycles. The Balaban J connectivity index is 1.51. The van der Waals surface area contributed by atoms with Crippen LogP contribution in [0.2, 0.25) is 0 Å². The van der Waals surface area contributed by atoms with Gasteiger partial charge in [-0.05, 0) is 55.5 Å². The summed E-state index contributed by atoms with van der Waals surface area (Å²) in [5.74, 6) is 1.80. The predicted molar refractivity (Wildman–Crippen MR) is 126 cm³/mol. The lowest BCUT2D eigenvalue weighted by atomic mass is 10.0. The first-order valence-electron chi connectivity index (χ1n) is 10.8. The van der Waals surface area contributed by atoms with E-state index in [0.717, 1.165) is 46.2 Å². The van der Waals surface area contributed by atoms with E-state index < -0.39 is 0 Å². The third kappa shape index (κ3) is 4.07. The van der Waals surface area contributed by atoms with Crippen LogP contribution < -0.4 is 15.8 Å². The highest BCUT2D eigenvalue weighted by Gasteiger charge is 2.29. The zero-order chi connectivity index (χ0) is 22.1. The molecule has 1 aliphatic rings. The minimum Gasteiger partial charge on any atom is -0.437 e. The monoisotopic (exact) mass is 427 g/mol. The van der Waals surface area contributed by atoms with Gasteiger partial charge < -0.3 is 20.9 Å². The number of aliphatic hydroxyl groups is 1. The standard InChI is InChI=1S/C25H25N5O2/c1-15-7-10-17-18(4-2-6-20(17)29-14-22(31)16-8-9-16)23(15)32-24-19(5-3-12-27-24)21-11-13-28-25(26)30-21/h2-7,10-13,16,22,29,31H,8-9,14H2,1H3,(H2,26,28,30). The molecule has 1 aliphatic carbocycles. The van der Waals surface area contributed by atoms with E-state index in [2.05, 4.69) is 26.3 Å². The highest BCUT2D eigenvalue weighted by molar-refractivity contribution is 5.98. The van der Waals surface area contributed by atoms with Gasteiger partial charge >= 0.3 is 0 Å². The number of nitrogens with one attached hydrogen (secondary N) is 1. The number of anilines is 2. The molecule has 0 radical (unpaired) electrons. The number of ether oxygens (including phenoxy) is 1. The second kappa shape index (κ2) is 8.43. The fourth-order valence-corrected chi connectivity index (χ4v) is 3.88. The van der Waals surface area contributed by atoms with Crippen molar-refractivity contribution >= 4 is 22.4 Å². The molecule has 7 nitrogen and oxygen atoms in total. The average Bonchev–Trinajstić information content (AvgIpc) is 3.65. The van der Waals surface area contributed by atoms with E-state index in [4.69, 9.17) is 10.5 Å². The summed E-state index contributed by atoms with van der Waals surface area (Å²) in [7, 11) is 0. The van der Waals surface area contributed by atoms with E-state index in [-0.39, 0.29) is 12.1 Å². The van der Waals surface area contributed by atoms with Crippen LogP contribution in [0, 0.1) is 12.8 Å². The zero-order valence-corrected chi connectivity index (χ0v) is 17.8. The number of hydrogen-bond acceptors (Lipinski definition) is 7. The summed E-state index contributed by atoms with van der Waals surface area (Å²) in [6, 6.07) is 15.7. The highest BCUT2D eigenvalue weighted by Crippen LogP contribution is 2.39. The summed E-state index contributed by atoms with van der Waals surface area (Å²) in [5, 5.41) is 15.7. The Morgan fingerprint density at radius 2 is 1.94 bits per heavy atom. The van der Waals surface area contributed by atoms with E-state index in [1.54, 1.807) is 18.5 Å². The van der Waals surface area contributed by atoms with E-state index in [9.17, 15) is 5.11 Å². The Hall–Kier alpha value is -3.71. The molecule has 7 heteroatoms. The molecule has 0 spiro atoms. The predicted octanol–water partition coefficient (Wildman–Crippen LogP) is 4.56. The van der Waals surface area contributed by atoms with Crippen LogP contribution >= 0.6 is 0 Å². The lowest BCUT2D eigenvalue weighted by Crippen LogP contribution is -2.21. The second-order valence-electron chi connectivity index (χ2n) is 8.16. The van der Waals surface area contributed by atoms with Crippen molar-refractivity contribution < 1.29 is 9.84 Å². The van der Waals surface area contributed by atoms with Crippen LogP contribution in [0.1, 0.15) is 18.4 Å². The number of aryl methyl sites for hydroxylation is 1. The molecule has 162 valence electrons. The molecule has 4 N–H and O–H groups in total. The minimum absolute atomic E-state index is 0.197. The number of pyridine rings is 1. The van der Waals surface area contributed by atoms with Gasteiger partial charge in [0.15, 0.2) is 0 Å². The van der Waals surface area contributed by atoms with E-state index in [1.807, 2.05) is 43.3 Å². The van der Waals surface area contributed by atoms with Gasteiger partial charge in [-0.1, -0.05) is 24.3 Å². The number of nitrogens with two attached hydrogens (primary N) is 1. The summed E-state index contributed by atoms with van der Waals surface area (Å²) in [4.78, 5) is 12.8. The van der Waals surface area contributed by atoms with Crippen LogP contribution in [-0.4, -0.2) is 32.7 Å². The van der Waals surface area contributed by atoms with Gasteiger partial charge in [0.25, 0.3) is 0 Å². The largest absolute Gasteiger partial charge is 0.437 e. The normalized spacial score (nSPS) is 14.3. The molecule has 0 amide bonds. The molecular formula is C25H25N5O2. The van der Waals surface area contributed by atoms with E-state index >= 15 is 0 Å². The maximum atomic E-state index is 10.3. The van der Waals surface area contributed by atoms with Crippen LogP contribution in [0.15, 0.2) is 60.9 Å². The van der Waals surface area contributed by atoms with Crippen LogP contribution in [0.5, 0.6) is 11.6 Å². The molecule has 1 saturated carbocycles. The Morgan fingerprint density at radius 3 is 2.75 bits per heavy atom. The van der Waals surface area contributed by atoms with Crippen molar-refractivity contribution in [3.63, 3.8) is 0 Å². The van der Waals surface area contributed by atoms with Gasteiger partial charge in [-0.3, -0.25) is 0 Å².